The molecule has 0 radical (unpaired) electrons. The zero-order valence-electron chi connectivity index (χ0n) is 15.1. The highest BCUT2D eigenvalue weighted by Crippen LogP contribution is 2.14. The van der Waals surface area contributed by atoms with Gasteiger partial charge < -0.3 is 24.1 Å². The van der Waals surface area contributed by atoms with E-state index in [-0.39, 0.29) is 19.7 Å². The lowest BCUT2D eigenvalue weighted by atomic mass is 10.1. The maximum absolute atomic E-state index is 10.2. The fourth-order valence-corrected chi connectivity index (χ4v) is 2.88. The standard InChI is InChI=1S/C16H33BrO5Si/c1-6-7-8-15(21-12-19-2)16(14(18)11-17)22-13-20-9-10-23(3,4)5/h7-8,14-16,18H,6,9-13H2,1-5H3/b8-7+/t14-,15-,16-/m1/s1. The first kappa shape index (κ1) is 23.2. The van der Waals surface area contributed by atoms with Crippen molar-refractivity contribution in [3.05, 3.63) is 12.2 Å². The molecule has 5 nitrogen and oxygen atoms in total. The largest absolute Gasteiger partial charge is 0.389 e. The highest BCUT2D eigenvalue weighted by molar-refractivity contribution is 9.09. The fourth-order valence-electron chi connectivity index (χ4n) is 1.75. The average molecular weight is 413 g/mol. The molecule has 0 aliphatic carbocycles. The number of alkyl halides is 1. The van der Waals surface area contributed by atoms with E-state index in [2.05, 4.69) is 35.6 Å². The van der Waals surface area contributed by atoms with Crippen LogP contribution in [0.3, 0.4) is 0 Å². The molecule has 0 saturated heterocycles. The normalized spacial score (nSPS) is 16.7. The van der Waals surface area contributed by atoms with Crippen LogP contribution in [0.4, 0.5) is 0 Å². The topological polar surface area (TPSA) is 57.2 Å². The van der Waals surface area contributed by atoms with E-state index in [1.807, 2.05) is 19.1 Å². The van der Waals surface area contributed by atoms with Crippen LogP contribution in [-0.4, -0.2) is 64.1 Å². The van der Waals surface area contributed by atoms with E-state index in [1.165, 1.54) is 0 Å². The quantitative estimate of drug-likeness (QED) is 0.156. The Balaban J connectivity index is 4.53. The molecule has 0 rings (SSSR count). The third-order valence-corrected chi connectivity index (χ3v) is 5.51. The van der Waals surface area contributed by atoms with Crippen molar-refractivity contribution in [2.24, 2.45) is 0 Å². The summed E-state index contributed by atoms with van der Waals surface area (Å²) in [5.41, 5.74) is 0. The van der Waals surface area contributed by atoms with Gasteiger partial charge in [0, 0.05) is 27.1 Å². The number of aliphatic hydroxyl groups is 1. The summed E-state index contributed by atoms with van der Waals surface area (Å²) >= 11 is 3.29. The van der Waals surface area contributed by atoms with E-state index < -0.39 is 20.3 Å². The third kappa shape index (κ3) is 12.3. The summed E-state index contributed by atoms with van der Waals surface area (Å²) in [6, 6.07) is 1.08. The number of hydrogen-bond donors (Lipinski definition) is 1. The molecule has 1 N–H and O–H groups in total. The summed E-state index contributed by atoms with van der Waals surface area (Å²) in [6.07, 6.45) is 3.18. The van der Waals surface area contributed by atoms with Gasteiger partial charge in [0.1, 0.15) is 25.8 Å². The molecule has 0 unspecified atom stereocenters. The molecule has 23 heavy (non-hydrogen) atoms. The minimum Gasteiger partial charge on any atom is -0.389 e. The first-order valence-electron chi connectivity index (χ1n) is 8.06. The van der Waals surface area contributed by atoms with Crippen LogP contribution < -0.4 is 0 Å². The molecule has 0 aromatic carbocycles. The Labute approximate surface area is 150 Å². The number of allylic oxidation sites excluding steroid dienone is 1. The van der Waals surface area contributed by atoms with Crippen LogP contribution in [0.5, 0.6) is 0 Å². The van der Waals surface area contributed by atoms with E-state index in [4.69, 9.17) is 18.9 Å². The lowest BCUT2D eigenvalue weighted by Gasteiger charge is -2.28. The van der Waals surface area contributed by atoms with Gasteiger partial charge in [-0.25, -0.2) is 0 Å². The van der Waals surface area contributed by atoms with Crippen molar-refractivity contribution in [3.63, 3.8) is 0 Å². The molecule has 0 fully saturated rings. The van der Waals surface area contributed by atoms with Gasteiger partial charge >= 0.3 is 0 Å². The zero-order valence-corrected chi connectivity index (χ0v) is 17.7. The minimum atomic E-state index is -1.11. The third-order valence-electron chi connectivity index (χ3n) is 3.14. The molecular weight excluding hydrogens is 380 g/mol. The highest BCUT2D eigenvalue weighted by Gasteiger charge is 2.28. The van der Waals surface area contributed by atoms with Gasteiger partial charge in [-0.05, 0) is 12.5 Å². The van der Waals surface area contributed by atoms with Crippen LogP contribution in [0.1, 0.15) is 13.3 Å². The van der Waals surface area contributed by atoms with Crippen molar-refractivity contribution >= 4 is 24.0 Å². The number of hydrogen-bond acceptors (Lipinski definition) is 5. The lowest BCUT2D eigenvalue weighted by molar-refractivity contribution is -0.173. The molecule has 0 saturated carbocycles. The fraction of sp³-hybridized carbons (Fsp3) is 0.875. The second-order valence-electron chi connectivity index (χ2n) is 6.56. The highest BCUT2D eigenvalue weighted by atomic mass is 79.9. The maximum atomic E-state index is 10.2. The van der Waals surface area contributed by atoms with Gasteiger partial charge in [0.15, 0.2) is 0 Å². The molecule has 138 valence electrons. The van der Waals surface area contributed by atoms with Gasteiger partial charge in [-0.1, -0.05) is 54.6 Å². The Bertz CT molecular complexity index is 309. The van der Waals surface area contributed by atoms with E-state index in [9.17, 15) is 5.11 Å². The van der Waals surface area contributed by atoms with Gasteiger partial charge in [0.05, 0.1) is 6.10 Å². The summed E-state index contributed by atoms with van der Waals surface area (Å²) in [5.74, 6) is 0. The predicted molar refractivity (Wildman–Crippen MR) is 99.8 cm³/mol. The van der Waals surface area contributed by atoms with Crippen molar-refractivity contribution in [3.8, 4) is 0 Å². The maximum Gasteiger partial charge on any atom is 0.147 e. The number of methoxy groups -OCH3 is 1. The molecule has 0 spiro atoms. The van der Waals surface area contributed by atoms with Gasteiger partial charge in [-0.2, -0.15) is 0 Å². The Kier molecular flexibility index (Phi) is 13.7. The predicted octanol–water partition coefficient (Wildman–Crippen LogP) is 3.40. The molecule has 0 aliphatic heterocycles. The van der Waals surface area contributed by atoms with Crippen LogP contribution in [0.15, 0.2) is 12.2 Å². The molecular formula is C16H33BrO5Si. The van der Waals surface area contributed by atoms with Gasteiger partial charge in [0.2, 0.25) is 0 Å². The average Bonchev–Trinajstić information content (AvgIpc) is 2.50. The molecule has 0 aromatic heterocycles. The SMILES string of the molecule is CC/C=C/[C@@H](OCOC)[C@H](OCOCC[Si](C)(C)C)[C@H](O)CBr. The van der Waals surface area contributed by atoms with Crippen LogP contribution in [0, 0.1) is 0 Å². The minimum absolute atomic E-state index is 0.143. The first-order chi connectivity index (χ1) is 10.9. The van der Waals surface area contributed by atoms with Crippen LogP contribution in [0.25, 0.3) is 0 Å². The van der Waals surface area contributed by atoms with Gasteiger partial charge in [-0.15, -0.1) is 0 Å². The zero-order chi connectivity index (χ0) is 17.7. The van der Waals surface area contributed by atoms with E-state index in [0.717, 1.165) is 12.5 Å². The Morgan fingerprint density at radius 1 is 1.17 bits per heavy atom. The number of ether oxygens (including phenoxy) is 4. The van der Waals surface area contributed by atoms with E-state index >= 15 is 0 Å². The summed E-state index contributed by atoms with van der Waals surface area (Å²) < 4.78 is 21.9. The van der Waals surface area contributed by atoms with Crippen molar-refractivity contribution in [2.75, 3.05) is 32.6 Å². The molecule has 0 heterocycles. The van der Waals surface area contributed by atoms with Crippen molar-refractivity contribution in [1.82, 2.24) is 0 Å². The monoisotopic (exact) mass is 412 g/mol. The van der Waals surface area contributed by atoms with Crippen LogP contribution in [-0.2, 0) is 18.9 Å². The second-order valence-corrected chi connectivity index (χ2v) is 12.8. The molecule has 0 amide bonds. The number of rotatable bonds is 14. The Morgan fingerprint density at radius 2 is 1.87 bits per heavy atom. The summed E-state index contributed by atoms with van der Waals surface area (Å²) in [4.78, 5) is 0. The van der Waals surface area contributed by atoms with Crippen molar-refractivity contribution in [1.29, 1.82) is 0 Å². The second kappa shape index (κ2) is 13.5. The Hall–Kier alpha value is 0.237. The smallest absolute Gasteiger partial charge is 0.147 e. The van der Waals surface area contributed by atoms with Gasteiger partial charge in [-0.3, -0.25) is 0 Å². The Morgan fingerprint density at radius 3 is 2.39 bits per heavy atom. The van der Waals surface area contributed by atoms with Crippen LogP contribution >= 0.6 is 15.9 Å². The van der Waals surface area contributed by atoms with Crippen molar-refractivity contribution < 1.29 is 24.1 Å². The molecule has 0 bridgehead atoms. The summed E-state index contributed by atoms with van der Waals surface area (Å²) in [5, 5.41) is 10.6. The number of aliphatic hydroxyl groups excluding tert-OH is 1. The van der Waals surface area contributed by atoms with E-state index in [1.54, 1.807) is 7.11 Å². The summed E-state index contributed by atoms with van der Waals surface area (Å²) in [7, 11) is 0.456. The molecule has 7 heteroatoms. The van der Waals surface area contributed by atoms with E-state index in [0.29, 0.717) is 11.9 Å². The summed E-state index contributed by atoms with van der Waals surface area (Å²) in [6.45, 7) is 9.92. The lowest BCUT2D eigenvalue weighted by Crippen LogP contribution is -2.42. The number of halogens is 1. The van der Waals surface area contributed by atoms with Crippen molar-refractivity contribution in [2.45, 2.75) is 57.3 Å². The first-order valence-corrected chi connectivity index (χ1v) is 12.9. The molecule has 3 atom stereocenters. The molecule has 0 aliphatic rings. The molecule has 0 aromatic rings. The van der Waals surface area contributed by atoms with Crippen LogP contribution in [0.2, 0.25) is 25.7 Å². The van der Waals surface area contributed by atoms with Gasteiger partial charge in [0.25, 0.3) is 0 Å².